The first-order chi connectivity index (χ1) is 20.2. The predicted octanol–water partition coefficient (Wildman–Crippen LogP) is 3.65. The first-order valence-corrected chi connectivity index (χ1v) is 14.9. The first kappa shape index (κ1) is 34.6. The highest BCUT2D eigenvalue weighted by Gasteiger charge is 2.56. The molecule has 1 saturated heterocycles. The molecule has 4 amide bonds. The third-order valence-electron chi connectivity index (χ3n) is 6.38. The summed E-state index contributed by atoms with van der Waals surface area (Å²) in [5, 5.41) is -0.697. The molecule has 0 spiro atoms. The second kappa shape index (κ2) is 12.3. The molecule has 20 heteroatoms. The van der Waals surface area contributed by atoms with Crippen LogP contribution in [0.3, 0.4) is 0 Å². The Hall–Kier alpha value is -3.88. The lowest BCUT2D eigenvalue weighted by molar-refractivity contribution is -0.168. The molecule has 2 aromatic carbocycles. The molecule has 0 radical (unpaired) electrons. The van der Waals surface area contributed by atoms with Crippen LogP contribution in [0, 0.1) is 11.8 Å². The van der Waals surface area contributed by atoms with Crippen LogP contribution in [0.15, 0.2) is 54.6 Å². The number of benzene rings is 2. The lowest BCUT2D eigenvalue weighted by Crippen LogP contribution is -2.39. The van der Waals surface area contributed by atoms with Gasteiger partial charge < -0.3 is 0 Å². The lowest BCUT2D eigenvalue weighted by atomic mass is 9.78. The van der Waals surface area contributed by atoms with Crippen LogP contribution in [-0.4, -0.2) is 61.6 Å². The maximum atomic E-state index is 12.5. The summed E-state index contributed by atoms with van der Waals surface area (Å²) in [4.78, 5) is 47.7. The maximum absolute atomic E-state index is 12.5. The number of alkyl halides is 6. The summed E-state index contributed by atoms with van der Waals surface area (Å²) in [5.41, 5.74) is -11.2. The van der Waals surface area contributed by atoms with Crippen LogP contribution in [0.4, 0.5) is 26.3 Å². The Morgan fingerprint density at radius 2 is 1.11 bits per heavy atom. The highest BCUT2D eigenvalue weighted by atomic mass is 32.2. The SMILES string of the molecule is CCC(c1ccccc1)C1C(=O)N(OS(=O)(=O)C(F)(F)F)C(=O)C1C.O=C1c2ccccc2C(=O)N1OS(=O)(=O)C(F)(F)F. The minimum Gasteiger partial charge on any atom is -0.272 e. The van der Waals surface area contributed by atoms with Crippen LogP contribution in [0.25, 0.3) is 0 Å². The van der Waals surface area contributed by atoms with E-state index in [2.05, 4.69) is 8.57 Å². The molecule has 0 aliphatic carbocycles. The number of hydrogen-bond donors (Lipinski definition) is 0. The summed E-state index contributed by atoms with van der Waals surface area (Å²) in [5.74, 6) is -7.24. The molecule has 2 aliphatic rings. The average molecular weight is 675 g/mol. The Bertz CT molecular complexity index is 1640. The van der Waals surface area contributed by atoms with E-state index in [0.29, 0.717) is 6.42 Å². The molecule has 4 rings (SSSR count). The smallest absolute Gasteiger partial charge is 0.272 e. The molecule has 0 bridgehead atoms. The van der Waals surface area contributed by atoms with Gasteiger partial charge in [-0.25, -0.2) is 0 Å². The van der Waals surface area contributed by atoms with E-state index in [-0.39, 0.29) is 16.2 Å². The highest BCUT2D eigenvalue weighted by molar-refractivity contribution is 7.87. The summed E-state index contributed by atoms with van der Waals surface area (Å²) < 4.78 is 125. The molecule has 3 atom stereocenters. The third kappa shape index (κ3) is 6.61. The van der Waals surface area contributed by atoms with Crippen molar-refractivity contribution in [2.24, 2.45) is 11.8 Å². The van der Waals surface area contributed by atoms with Crippen LogP contribution in [0.2, 0.25) is 0 Å². The molecule has 44 heavy (non-hydrogen) atoms. The first-order valence-electron chi connectivity index (χ1n) is 12.1. The molecule has 0 N–H and O–H groups in total. The third-order valence-corrected chi connectivity index (χ3v) is 8.21. The highest BCUT2D eigenvalue weighted by Crippen LogP contribution is 2.41. The van der Waals surface area contributed by atoms with Gasteiger partial charge in [0.25, 0.3) is 23.6 Å². The topological polar surface area (TPSA) is 161 Å². The molecule has 12 nitrogen and oxygen atoms in total. The summed E-state index contributed by atoms with van der Waals surface area (Å²) in [6.45, 7) is 3.12. The fourth-order valence-electron chi connectivity index (χ4n) is 4.30. The molecular weight excluding hydrogens is 654 g/mol. The van der Waals surface area contributed by atoms with E-state index in [9.17, 15) is 62.4 Å². The zero-order valence-corrected chi connectivity index (χ0v) is 23.8. The molecule has 1 fully saturated rings. The molecule has 2 heterocycles. The Morgan fingerprint density at radius 1 is 0.705 bits per heavy atom. The van der Waals surface area contributed by atoms with Crippen LogP contribution in [0.5, 0.6) is 0 Å². The van der Waals surface area contributed by atoms with Crippen molar-refractivity contribution in [1.29, 1.82) is 0 Å². The van der Waals surface area contributed by atoms with Crippen molar-refractivity contribution in [3.05, 3.63) is 71.3 Å². The van der Waals surface area contributed by atoms with Gasteiger partial charge in [0.05, 0.1) is 23.0 Å². The monoisotopic (exact) mass is 674 g/mol. The number of hydroxylamine groups is 4. The average Bonchev–Trinajstić information content (AvgIpc) is 3.29. The van der Waals surface area contributed by atoms with Crippen molar-refractivity contribution < 1.29 is 70.9 Å². The minimum absolute atomic E-state index is 0.232. The summed E-state index contributed by atoms with van der Waals surface area (Å²) in [6, 6.07) is 13.7. The van der Waals surface area contributed by atoms with Crippen LogP contribution < -0.4 is 0 Å². The predicted molar refractivity (Wildman–Crippen MR) is 133 cm³/mol. The zero-order chi connectivity index (χ0) is 33.4. The van der Waals surface area contributed by atoms with Gasteiger partial charge in [-0.3, -0.25) is 19.2 Å². The second-order valence-corrected chi connectivity index (χ2v) is 12.2. The van der Waals surface area contributed by atoms with Crippen LogP contribution in [-0.2, 0) is 38.4 Å². The van der Waals surface area contributed by atoms with Gasteiger partial charge >= 0.3 is 31.3 Å². The van der Waals surface area contributed by atoms with Gasteiger partial charge in [0, 0.05) is 0 Å². The van der Waals surface area contributed by atoms with Crippen molar-refractivity contribution >= 4 is 43.9 Å². The van der Waals surface area contributed by atoms with E-state index in [0.717, 1.165) is 5.56 Å². The van der Waals surface area contributed by atoms with Crippen LogP contribution >= 0.6 is 0 Å². The van der Waals surface area contributed by atoms with E-state index in [1.54, 1.807) is 37.3 Å². The van der Waals surface area contributed by atoms with E-state index >= 15 is 0 Å². The Balaban J connectivity index is 0.000000249. The van der Waals surface area contributed by atoms with Gasteiger partial charge in [0.2, 0.25) is 0 Å². The number of halogens is 6. The number of hydrogen-bond acceptors (Lipinski definition) is 10. The number of amides is 4. The van der Waals surface area contributed by atoms with Crippen molar-refractivity contribution in [1.82, 2.24) is 10.1 Å². The minimum atomic E-state index is -6.11. The van der Waals surface area contributed by atoms with Gasteiger partial charge in [-0.2, -0.15) is 43.2 Å². The summed E-state index contributed by atoms with van der Waals surface area (Å²) in [7, 11) is -12.2. The molecule has 0 aromatic heterocycles. The number of fused-ring (bicyclic) bond motifs is 1. The van der Waals surface area contributed by atoms with E-state index in [1.165, 1.54) is 31.2 Å². The zero-order valence-electron chi connectivity index (χ0n) is 22.2. The number of carbonyl (C=O) groups is 4. The van der Waals surface area contributed by atoms with Crippen molar-refractivity contribution in [3.63, 3.8) is 0 Å². The Labute approximate surface area is 245 Å². The second-order valence-electron chi connectivity index (χ2n) is 9.11. The number of carbonyl (C=O) groups excluding carboxylic acids is 4. The van der Waals surface area contributed by atoms with Gasteiger partial charge in [0.1, 0.15) is 0 Å². The van der Waals surface area contributed by atoms with Gasteiger partial charge in [-0.15, -0.1) is 18.7 Å². The lowest BCUT2D eigenvalue weighted by Gasteiger charge is -2.23. The summed E-state index contributed by atoms with van der Waals surface area (Å²) in [6.07, 6.45) is 0.428. The molecule has 2 aliphatic heterocycles. The van der Waals surface area contributed by atoms with Gasteiger partial charge in [-0.1, -0.05) is 56.3 Å². The largest absolute Gasteiger partial charge is 0.525 e. The molecule has 0 saturated carbocycles. The maximum Gasteiger partial charge on any atom is 0.525 e. The quantitative estimate of drug-likeness (QED) is 0.241. The van der Waals surface area contributed by atoms with Crippen molar-refractivity contribution in [3.8, 4) is 0 Å². The van der Waals surface area contributed by atoms with Gasteiger partial charge in [-0.05, 0) is 30.0 Å². The van der Waals surface area contributed by atoms with Crippen LogP contribution in [0.1, 0.15) is 52.5 Å². The number of imide groups is 2. The summed E-state index contributed by atoms with van der Waals surface area (Å²) >= 11 is 0. The van der Waals surface area contributed by atoms with E-state index in [1.807, 2.05) is 0 Å². The molecule has 2 aromatic rings. The van der Waals surface area contributed by atoms with E-state index in [4.69, 9.17) is 0 Å². The Morgan fingerprint density at radius 3 is 1.52 bits per heavy atom. The Kier molecular flexibility index (Phi) is 9.64. The standard InChI is InChI=1S/C15H16F3NO5S.C9H4F3NO5S/c1-3-11(10-7-5-4-6-8-10)12-9(2)13(20)19(14(12)21)24-25(22,23)15(16,17)18;10-9(11,12)19(16,17)18-13-7(14)5-3-1-2-4-6(5)8(13)15/h4-9,11-12H,3H2,1-2H3;1-4H. The molecule has 3 unspecified atom stereocenters. The van der Waals surface area contributed by atoms with E-state index < -0.39 is 77.7 Å². The molecular formula is C24H20F6N2O10S2. The van der Waals surface area contributed by atoms with Crippen molar-refractivity contribution in [2.75, 3.05) is 0 Å². The fraction of sp³-hybridized carbons (Fsp3) is 0.333. The number of rotatable bonds is 7. The molecule has 240 valence electrons. The number of nitrogens with zero attached hydrogens (tertiary/aromatic N) is 2. The van der Waals surface area contributed by atoms with Crippen molar-refractivity contribution in [2.45, 2.75) is 37.2 Å². The normalized spacial score (nSPS) is 20.0. The van der Waals surface area contributed by atoms with Gasteiger partial charge in [0.15, 0.2) is 0 Å². The fourth-order valence-corrected chi connectivity index (χ4v) is 5.15.